The molecule has 0 spiro atoms. The van der Waals surface area contributed by atoms with Crippen LogP contribution in [0.15, 0.2) is 42.0 Å². The van der Waals surface area contributed by atoms with Crippen LogP contribution in [0.25, 0.3) is 15.3 Å². The Morgan fingerprint density at radius 2 is 2.33 bits per heavy atom. The zero-order valence-corrected chi connectivity index (χ0v) is 12.4. The van der Waals surface area contributed by atoms with Gasteiger partial charge in [0.15, 0.2) is 4.96 Å². The molecule has 4 aromatic rings. The van der Waals surface area contributed by atoms with Crippen LogP contribution in [0.3, 0.4) is 0 Å². The van der Waals surface area contributed by atoms with Crippen LogP contribution in [0.2, 0.25) is 0 Å². The molecule has 7 heteroatoms. The smallest absolute Gasteiger partial charge is 0.348 e. The van der Waals surface area contributed by atoms with Crippen molar-refractivity contribution in [2.75, 3.05) is 0 Å². The Balaban J connectivity index is 1.57. The lowest BCUT2D eigenvalue weighted by Gasteiger charge is -2.01. The van der Waals surface area contributed by atoms with E-state index in [1.165, 1.54) is 11.3 Å². The third-order valence-corrected chi connectivity index (χ3v) is 4.77. The first-order chi connectivity index (χ1) is 10.3. The lowest BCUT2D eigenvalue weighted by atomic mass is 10.4. The molecule has 0 aliphatic heterocycles. The van der Waals surface area contributed by atoms with E-state index in [4.69, 9.17) is 4.74 Å². The number of aromatic nitrogens is 3. The van der Waals surface area contributed by atoms with E-state index in [0.29, 0.717) is 4.88 Å². The standard InChI is InChI=1S/C14H9N3O2S2/c18-13(19-8-9-3-1-2-4-15-9)11-7-10-12(21-11)16-14-17(10)5-6-20-14/h1-7H,8H2. The predicted octanol–water partition coefficient (Wildman–Crippen LogP) is 3.36. The lowest BCUT2D eigenvalue weighted by Crippen LogP contribution is -2.04. The van der Waals surface area contributed by atoms with E-state index < -0.39 is 0 Å². The first kappa shape index (κ1) is 12.5. The number of thiophene rings is 1. The maximum Gasteiger partial charge on any atom is 0.348 e. The third kappa shape index (κ3) is 2.20. The molecule has 0 bridgehead atoms. The van der Waals surface area contributed by atoms with Gasteiger partial charge in [-0.25, -0.2) is 9.78 Å². The van der Waals surface area contributed by atoms with Crippen LogP contribution in [-0.4, -0.2) is 20.3 Å². The molecule has 0 unspecified atom stereocenters. The van der Waals surface area contributed by atoms with Gasteiger partial charge in [0.1, 0.15) is 16.3 Å². The molecule has 4 heterocycles. The SMILES string of the molecule is O=C(OCc1ccccn1)c1cc2c(nc3sccn32)s1. The quantitative estimate of drug-likeness (QED) is 0.544. The summed E-state index contributed by atoms with van der Waals surface area (Å²) in [6, 6.07) is 7.34. The van der Waals surface area contributed by atoms with Crippen molar-refractivity contribution in [3.05, 3.63) is 52.6 Å². The molecule has 0 radical (unpaired) electrons. The normalized spacial score (nSPS) is 11.2. The predicted molar refractivity (Wildman–Crippen MR) is 81.8 cm³/mol. The summed E-state index contributed by atoms with van der Waals surface area (Å²) < 4.78 is 7.26. The lowest BCUT2D eigenvalue weighted by molar-refractivity contribution is 0.0473. The van der Waals surface area contributed by atoms with Gasteiger partial charge in [-0.05, 0) is 18.2 Å². The fraction of sp³-hybridized carbons (Fsp3) is 0.0714. The molecule has 0 N–H and O–H groups in total. The fourth-order valence-electron chi connectivity index (χ4n) is 2.04. The van der Waals surface area contributed by atoms with Crippen molar-refractivity contribution in [2.24, 2.45) is 0 Å². The number of esters is 1. The van der Waals surface area contributed by atoms with Crippen molar-refractivity contribution in [2.45, 2.75) is 6.61 Å². The van der Waals surface area contributed by atoms with Crippen LogP contribution < -0.4 is 0 Å². The van der Waals surface area contributed by atoms with Gasteiger partial charge in [-0.1, -0.05) is 6.07 Å². The molecule has 5 nitrogen and oxygen atoms in total. The maximum atomic E-state index is 12.1. The van der Waals surface area contributed by atoms with E-state index >= 15 is 0 Å². The number of fused-ring (bicyclic) bond motifs is 3. The van der Waals surface area contributed by atoms with Crippen LogP contribution in [0, 0.1) is 0 Å². The van der Waals surface area contributed by atoms with Crippen LogP contribution >= 0.6 is 22.7 Å². The van der Waals surface area contributed by atoms with E-state index in [-0.39, 0.29) is 12.6 Å². The monoisotopic (exact) mass is 315 g/mol. The average molecular weight is 315 g/mol. The molecule has 0 fully saturated rings. The van der Waals surface area contributed by atoms with Crippen LogP contribution in [0.1, 0.15) is 15.4 Å². The minimum absolute atomic E-state index is 0.177. The van der Waals surface area contributed by atoms with Crippen molar-refractivity contribution >= 4 is 44.0 Å². The number of thiazole rings is 1. The van der Waals surface area contributed by atoms with E-state index in [9.17, 15) is 4.79 Å². The van der Waals surface area contributed by atoms with Crippen LogP contribution in [0.5, 0.6) is 0 Å². The van der Waals surface area contributed by atoms with E-state index in [1.54, 1.807) is 17.5 Å². The Bertz CT molecular complexity index is 924. The minimum Gasteiger partial charge on any atom is -0.455 e. The number of imidazole rings is 1. The van der Waals surface area contributed by atoms with Gasteiger partial charge < -0.3 is 4.74 Å². The molecule has 0 aromatic carbocycles. The van der Waals surface area contributed by atoms with E-state index in [0.717, 1.165) is 21.0 Å². The van der Waals surface area contributed by atoms with Crippen molar-refractivity contribution in [1.82, 2.24) is 14.4 Å². The summed E-state index contributed by atoms with van der Waals surface area (Å²) in [5.74, 6) is -0.340. The first-order valence-electron chi connectivity index (χ1n) is 6.23. The number of ether oxygens (including phenoxy) is 1. The fourth-order valence-corrected chi connectivity index (χ4v) is 3.74. The first-order valence-corrected chi connectivity index (χ1v) is 7.93. The van der Waals surface area contributed by atoms with Gasteiger partial charge in [0, 0.05) is 17.8 Å². The van der Waals surface area contributed by atoms with Crippen LogP contribution in [0.4, 0.5) is 0 Å². The maximum absolute atomic E-state index is 12.1. The van der Waals surface area contributed by atoms with Gasteiger partial charge in [0.05, 0.1) is 11.2 Å². The number of carbonyl (C=O) groups is 1. The number of rotatable bonds is 3. The molecule has 0 atom stereocenters. The second kappa shape index (κ2) is 4.94. The molecule has 4 rings (SSSR count). The van der Waals surface area contributed by atoms with Crippen LogP contribution in [-0.2, 0) is 11.3 Å². The highest BCUT2D eigenvalue weighted by Crippen LogP contribution is 2.28. The molecule has 0 saturated carbocycles. The van der Waals surface area contributed by atoms with Gasteiger partial charge in [-0.2, -0.15) is 0 Å². The van der Waals surface area contributed by atoms with Crippen molar-refractivity contribution in [3.8, 4) is 0 Å². The second-order valence-corrected chi connectivity index (χ2v) is 6.27. The molecule has 0 aliphatic rings. The zero-order valence-electron chi connectivity index (χ0n) is 10.7. The molecule has 0 amide bonds. The highest BCUT2D eigenvalue weighted by atomic mass is 32.1. The topological polar surface area (TPSA) is 56.5 Å². The Morgan fingerprint density at radius 3 is 3.19 bits per heavy atom. The Kier molecular flexibility index (Phi) is 2.94. The Hall–Kier alpha value is -2.25. The summed E-state index contributed by atoms with van der Waals surface area (Å²) in [4.78, 5) is 23.0. The summed E-state index contributed by atoms with van der Waals surface area (Å²) in [6.07, 6.45) is 3.63. The summed E-state index contributed by atoms with van der Waals surface area (Å²) in [5, 5.41) is 1.97. The average Bonchev–Trinajstić information content (AvgIpc) is 3.17. The number of hydrogen-bond donors (Lipinski definition) is 0. The van der Waals surface area contributed by atoms with Crippen molar-refractivity contribution < 1.29 is 9.53 Å². The largest absolute Gasteiger partial charge is 0.455 e. The summed E-state index contributed by atoms with van der Waals surface area (Å²) in [6.45, 7) is 0.177. The summed E-state index contributed by atoms with van der Waals surface area (Å²) >= 11 is 2.92. The molecule has 104 valence electrons. The Morgan fingerprint density at radius 1 is 1.38 bits per heavy atom. The van der Waals surface area contributed by atoms with E-state index in [1.807, 2.05) is 40.2 Å². The molecule has 0 saturated heterocycles. The molecular formula is C14H9N3O2S2. The molecular weight excluding hydrogens is 306 g/mol. The zero-order chi connectivity index (χ0) is 14.2. The number of pyridine rings is 1. The van der Waals surface area contributed by atoms with Crippen molar-refractivity contribution in [1.29, 1.82) is 0 Å². The molecule has 4 aromatic heterocycles. The van der Waals surface area contributed by atoms with Gasteiger partial charge in [-0.15, -0.1) is 22.7 Å². The third-order valence-electron chi connectivity index (χ3n) is 3.02. The van der Waals surface area contributed by atoms with Gasteiger partial charge >= 0.3 is 5.97 Å². The molecule has 0 aliphatic carbocycles. The van der Waals surface area contributed by atoms with Gasteiger partial charge in [0.2, 0.25) is 0 Å². The highest BCUT2D eigenvalue weighted by Gasteiger charge is 2.16. The van der Waals surface area contributed by atoms with Crippen molar-refractivity contribution in [3.63, 3.8) is 0 Å². The minimum atomic E-state index is -0.340. The highest BCUT2D eigenvalue weighted by molar-refractivity contribution is 7.21. The summed E-state index contributed by atoms with van der Waals surface area (Å²) in [7, 11) is 0. The van der Waals surface area contributed by atoms with Gasteiger partial charge in [-0.3, -0.25) is 9.38 Å². The van der Waals surface area contributed by atoms with E-state index in [2.05, 4.69) is 9.97 Å². The van der Waals surface area contributed by atoms with Gasteiger partial charge in [0.25, 0.3) is 0 Å². The summed E-state index contributed by atoms with van der Waals surface area (Å²) in [5.41, 5.74) is 1.68. The molecule has 21 heavy (non-hydrogen) atoms. The second-order valence-electron chi connectivity index (χ2n) is 4.37. The number of hydrogen-bond acceptors (Lipinski definition) is 6. The number of nitrogens with zero attached hydrogens (tertiary/aromatic N) is 3. The Labute approximate surface area is 127 Å². The number of carbonyl (C=O) groups excluding carboxylic acids is 1.